The standard InChI is InChI=1S/C25H29F3N6O2S/c1-32-12-9-17(10-13-32)15-34-22(36)19-21(31-23(34)25(26,27)28)37-24(30-19)33-11-5-8-18(33)20(35)29-14-16-6-3-2-4-7-16/h2-4,6-7,17-18H,5,8-15H2,1H3,(H,29,35)/t18-/m1/s1. The summed E-state index contributed by atoms with van der Waals surface area (Å²) in [7, 11) is 1.97. The van der Waals surface area contributed by atoms with Gasteiger partial charge in [-0.3, -0.25) is 14.2 Å². The van der Waals surface area contributed by atoms with Gasteiger partial charge in [-0.1, -0.05) is 41.7 Å². The van der Waals surface area contributed by atoms with Gasteiger partial charge in [0, 0.05) is 19.6 Å². The minimum absolute atomic E-state index is 0.0362. The van der Waals surface area contributed by atoms with Crippen LogP contribution in [0.5, 0.6) is 0 Å². The summed E-state index contributed by atoms with van der Waals surface area (Å²) in [6, 6.07) is 9.02. The van der Waals surface area contributed by atoms with Crippen LogP contribution >= 0.6 is 11.3 Å². The molecule has 0 bridgehead atoms. The van der Waals surface area contributed by atoms with Gasteiger partial charge < -0.3 is 15.1 Å². The maximum Gasteiger partial charge on any atom is 0.449 e. The Morgan fingerprint density at radius 1 is 1.11 bits per heavy atom. The first-order chi connectivity index (χ1) is 17.7. The Labute approximate surface area is 216 Å². The predicted octanol–water partition coefficient (Wildman–Crippen LogP) is 3.50. The van der Waals surface area contributed by atoms with Crippen LogP contribution in [0.15, 0.2) is 35.1 Å². The zero-order valence-corrected chi connectivity index (χ0v) is 21.3. The summed E-state index contributed by atoms with van der Waals surface area (Å²) < 4.78 is 42.6. The molecule has 2 aliphatic rings. The van der Waals surface area contributed by atoms with Crippen molar-refractivity contribution in [1.82, 2.24) is 24.8 Å². The maximum absolute atomic E-state index is 14.0. The largest absolute Gasteiger partial charge is 0.449 e. The highest BCUT2D eigenvalue weighted by Gasteiger charge is 2.39. The number of likely N-dealkylation sites (tertiary alicyclic amines) is 1. The average molecular weight is 535 g/mol. The zero-order chi connectivity index (χ0) is 26.2. The molecule has 2 fully saturated rings. The topological polar surface area (TPSA) is 83.4 Å². The van der Waals surface area contributed by atoms with E-state index in [0.29, 0.717) is 37.5 Å². The SMILES string of the molecule is CN1CCC(Cn2c(C(F)(F)F)nc3sc(N4CCC[C@@H]4C(=O)NCc4ccccc4)nc3c2=O)CC1. The van der Waals surface area contributed by atoms with E-state index in [-0.39, 0.29) is 28.7 Å². The molecule has 2 aromatic heterocycles. The van der Waals surface area contributed by atoms with Crippen molar-refractivity contribution in [3.63, 3.8) is 0 Å². The Kier molecular flexibility index (Phi) is 7.21. The monoisotopic (exact) mass is 534 g/mol. The predicted molar refractivity (Wildman–Crippen MR) is 136 cm³/mol. The molecule has 1 atom stereocenters. The summed E-state index contributed by atoms with van der Waals surface area (Å²) in [6.45, 7) is 2.42. The van der Waals surface area contributed by atoms with Gasteiger partial charge in [-0.15, -0.1) is 0 Å². The minimum Gasteiger partial charge on any atom is -0.350 e. The minimum atomic E-state index is -4.77. The van der Waals surface area contributed by atoms with E-state index in [9.17, 15) is 22.8 Å². The molecule has 1 N–H and O–H groups in total. The van der Waals surface area contributed by atoms with E-state index in [1.54, 1.807) is 4.90 Å². The molecule has 12 heteroatoms. The highest BCUT2D eigenvalue weighted by molar-refractivity contribution is 7.21. The van der Waals surface area contributed by atoms with Crippen molar-refractivity contribution in [1.29, 1.82) is 0 Å². The second kappa shape index (κ2) is 10.4. The van der Waals surface area contributed by atoms with Crippen LogP contribution in [-0.4, -0.2) is 58.1 Å². The van der Waals surface area contributed by atoms with Crippen molar-refractivity contribution in [3.05, 3.63) is 52.1 Å². The second-order valence-electron chi connectivity index (χ2n) is 9.80. The molecule has 0 saturated carbocycles. The third kappa shape index (κ3) is 5.49. The van der Waals surface area contributed by atoms with Crippen molar-refractivity contribution in [2.24, 2.45) is 5.92 Å². The van der Waals surface area contributed by atoms with Gasteiger partial charge in [0.1, 0.15) is 6.04 Å². The molecule has 0 unspecified atom stereocenters. The molecule has 0 aliphatic carbocycles. The quantitative estimate of drug-likeness (QED) is 0.521. The van der Waals surface area contributed by atoms with Gasteiger partial charge >= 0.3 is 6.18 Å². The fraction of sp³-hybridized carbons (Fsp3) is 0.520. The number of nitrogens with one attached hydrogen (secondary N) is 1. The molecule has 8 nitrogen and oxygen atoms in total. The van der Waals surface area contributed by atoms with Crippen LogP contribution in [0.1, 0.15) is 37.1 Å². The summed E-state index contributed by atoms with van der Waals surface area (Å²) in [6.07, 6.45) is -2.00. The first-order valence-corrected chi connectivity index (χ1v) is 13.3. The number of halogens is 3. The summed E-state index contributed by atoms with van der Waals surface area (Å²) in [4.78, 5) is 38.4. The van der Waals surface area contributed by atoms with Crippen LogP contribution in [0.3, 0.4) is 0 Å². The van der Waals surface area contributed by atoms with Crippen LogP contribution in [0.25, 0.3) is 10.3 Å². The van der Waals surface area contributed by atoms with Crippen LogP contribution in [0.4, 0.5) is 18.3 Å². The number of rotatable bonds is 6. The van der Waals surface area contributed by atoms with E-state index >= 15 is 0 Å². The number of carbonyl (C=O) groups excluding carboxylic acids is 1. The van der Waals surface area contributed by atoms with Crippen LogP contribution < -0.4 is 15.8 Å². The van der Waals surface area contributed by atoms with E-state index in [1.807, 2.05) is 37.4 Å². The Balaban J connectivity index is 1.42. The van der Waals surface area contributed by atoms with Gasteiger partial charge in [-0.2, -0.15) is 13.2 Å². The molecule has 1 aromatic carbocycles. The number of nitrogens with zero attached hydrogens (tertiary/aromatic N) is 5. The first kappa shape index (κ1) is 25.7. The molecule has 198 valence electrons. The van der Waals surface area contributed by atoms with Gasteiger partial charge in [0.15, 0.2) is 15.5 Å². The number of anilines is 1. The molecular formula is C25H29F3N6O2S. The van der Waals surface area contributed by atoms with Crippen molar-refractivity contribution in [3.8, 4) is 0 Å². The molecule has 1 amide bonds. The van der Waals surface area contributed by atoms with Crippen LogP contribution in [0.2, 0.25) is 0 Å². The Hall–Kier alpha value is -2.99. The lowest BCUT2D eigenvalue weighted by molar-refractivity contribution is -0.148. The number of thiazole rings is 1. The van der Waals surface area contributed by atoms with Gasteiger partial charge in [0.2, 0.25) is 11.7 Å². The fourth-order valence-electron chi connectivity index (χ4n) is 5.08. The highest BCUT2D eigenvalue weighted by atomic mass is 32.1. The molecule has 3 aromatic rings. The van der Waals surface area contributed by atoms with Crippen molar-refractivity contribution in [2.45, 2.75) is 51.0 Å². The number of aromatic nitrogens is 3. The number of fused-ring (bicyclic) bond motifs is 1. The van der Waals surface area contributed by atoms with Gasteiger partial charge in [0.05, 0.1) is 0 Å². The summed E-state index contributed by atoms with van der Waals surface area (Å²) in [5.41, 5.74) is 0.119. The van der Waals surface area contributed by atoms with Crippen molar-refractivity contribution < 1.29 is 18.0 Å². The van der Waals surface area contributed by atoms with Crippen molar-refractivity contribution >= 4 is 32.7 Å². The molecule has 0 spiro atoms. The molecule has 4 heterocycles. The maximum atomic E-state index is 14.0. The molecule has 2 aliphatic heterocycles. The van der Waals surface area contributed by atoms with Gasteiger partial charge in [-0.05, 0) is 57.3 Å². The van der Waals surface area contributed by atoms with Gasteiger partial charge in [-0.25, -0.2) is 9.97 Å². The molecule has 0 radical (unpaired) electrons. The first-order valence-electron chi connectivity index (χ1n) is 12.5. The zero-order valence-electron chi connectivity index (χ0n) is 20.5. The molecule has 37 heavy (non-hydrogen) atoms. The number of piperidine rings is 1. The van der Waals surface area contributed by atoms with E-state index in [0.717, 1.165) is 41.0 Å². The normalized spacial score (nSPS) is 19.6. The van der Waals surface area contributed by atoms with E-state index in [4.69, 9.17) is 0 Å². The molecule has 2 saturated heterocycles. The number of amides is 1. The van der Waals surface area contributed by atoms with Crippen LogP contribution in [-0.2, 0) is 24.1 Å². The van der Waals surface area contributed by atoms with Crippen molar-refractivity contribution in [2.75, 3.05) is 31.6 Å². The Morgan fingerprint density at radius 2 is 1.84 bits per heavy atom. The number of hydrogen-bond acceptors (Lipinski definition) is 7. The lowest BCUT2D eigenvalue weighted by Crippen LogP contribution is -2.43. The van der Waals surface area contributed by atoms with E-state index in [1.165, 1.54) is 0 Å². The third-order valence-corrected chi connectivity index (χ3v) is 8.14. The third-order valence-electron chi connectivity index (χ3n) is 7.15. The Bertz CT molecular complexity index is 1320. The molecule has 5 rings (SSSR count). The second-order valence-corrected chi connectivity index (χ2v) is 10.8. The highest BCUT2D eigenvalue weighted by Crippen LogP contribution is 2.34. The van der Waals surface area contributed by atoms with Crippen LogP contribution in [0, 0.1) is 5.92 Å². The average Bonchev–Trinajstić information content (AvgIpc) is 3.53. The summed E-state index contributed by atoms with van der Waals surface area (Å²) >= 11 is 0.933. The lowest BCUT2D eigenvalue weighted by Gasteiger charge is -2.29. The lowest BCUT2D eigenvalue weighted by atomic mass is 9.97. The number of carbonyl (C=O) groups is 1. The Morgan fingerprint density at radius 3 is 2.54 bits per heavy atom. The smallest absolute Gasteiger partial charge is 0.350 e. The number of benzene rings is 1. The number of alkyl halides is 3. The molecular weight excluding hydrogens is 505 g/mol. The fourth-order valence-corrected chi connectivity index (χ4v) is 6.09. The number of hydrogen-bond donors (Lipinski definition) is 1. The summed E-state index contributed by atoms with van der Waals surface area (Å²) in [5.74, 6) is -1.40. The van der Waals surface area contributed by atoms with Gasteiger partial charge in [0.25, 0.3) is 5.56 Å². The summed E-state index contributed by atoms with van der Waals surface area (Å²) in [5, 5.41) is 3.28. The van der Waals surface area contributed by atoms with E-state index in [2.05, 4.69) is 20.2 Å². The van der Waals surface area contributed by atoms with E-state index < -0.39 is 23.6 Å².